The lowest BCUT2D eigenvalue weighted by atomic mass is 9.93. The van der Waals surface area contributed by atoms with Gasteiger partial charge in [-0.25, -0.2) is 0 Å². The molecule has 2 unspecified atom stereocenters. The van der Waals surface area contributed by atoms with Crippen LogP contribution in [0.4, 0.5) is 0 Å². The summed E-state index contributed by atoms with van der Waals surface area (Å²) in [4.78, 5) is 0. The second-order valence-electron chi connectivity index (χ2n) is 5.19. The van der Waals surface area contributed by atoms with E-state index in [4.69, 9.17) is 9.47 Å². The third-order valence-corrected chi connectivity index (χ3v) is 3.48. The van der Waals surface area contributed by atoms with E-state index in [1.165, 1.54) is 0 Å². The fourth-order valence-electron chi connectivity index (χ4n) is 2.33. The van der Waals surface area contributed by atoms with Crippen molar-refractivity contribution in [1.29, 1.82) is 0 Å². The summed E-state index contributed by atoms with van der Waals surface area (Å²) in [6, 6.07) is 19.6. The van der Waals surface area contributed by atoms with E-state index in [9.17, 15) is 0 Å². The molecule has 0 spiro atoms. The number of para-hydroxylation sites is 2. The van der Waals surface area contributed by atoms with Crippen LogP contribution in [-0.2, 0) is 0 Å². The van der Waals surface area contributed by atoms with Gasteiger partial charge in [-0.3, -0.25) is 0 Å². The summed E-state index contributed by atoms with van der Waals surface area (Å²) in [7, 11) is 0. The molecule has 2 heteroatoms. The van der Waals surface area contributed by atoms with Gasteiger partial charge in [0, 0.05) is 0 Å². The quantitative estimate of drug-likeness (QED) is 0.825. The molecule has 1 aliphatic rings. The van der Waals surface area contributed by atoms with Gasteiger partial charge in [0.15, 0.2) is 11.7 Å². The standard InChI is InChI=1S/C19H18O2/c1-19(21-17-12-6-3-7-13-17)15-9-8-14-18(19)20-16-10-4-2-5-11-16/h2-15,18H,1H3. The van der Waals surface area contributed by atoms with Gasteiger partial charge in [0.2, 0.25) is 0 Å². The highest BCUT2D eigenvalue weighted by molar-refractivity contribution is 5.31. The Hall–Kier alpha value is -2.48. The van der Waals surface area contributed by atoms with Gasteiger partial charge >= 0.3 is 0 Å². The summed E-state index contributed by atoms with van der Waals surface area (Å²) in [5.74, 6) is 1.67. The number of ether oxygens (including phenoxy) is 2. The highest BCUT2D eigenvalue weighted by Crippen LogP contribution is 2.29. The summed E-state index contributed by atoms with van der Waals surface area (Å²) < 4.78 is 12.2. The predicted molar refractivity (Wildman–Crippen MR) is 84.6 cm³/mol. The van der Waals surface area contributed by atoms with E-state index in [0.29, 0.717) is 0 Å². The van der Waals surface area contributed by atoms with Gasteiger partial charge in [-0.15, -0.1) is 0 Å². The molecule has 3 rings (SSSR count). The fourth-order valence-corrected chi connectivity index (χ4v) is 2.33. The topological polar surface area (TPSA) is 18.5 Å². The van der Waals surface area contributed by atoms with Crippen LogP contribution in [0.5, 0.6) is 11.5 Å². The fraction of sp³-hybridized carbons (Fsp3) is 0.158. The molecule has 0 saturated carbocycles. The molecular formula is C19H18O2. The normalized spacial score (nSPS) is 23.8. The summed E-state index contributed by atoms with van der Waals surface area (Å²) in [5.41, 5.74) is -0.536. The highest BCUT2D eigenvalue weighted by Gasteiger charge is 2.35. The summed E-state index contributed by atoms with van der Waals surface area (Å²) in [6.07, 6.45) is 7.87. The second-order valence-corrected chi connectivity index (χ2v) is 5.19. The number of hydrogen-bond acceptors (Lipinski definition) is 2. The third kappa shape index (κ3) is 3.16. The van der Waals surface area contributed by atoms with Gasteiger partial charge in [0.25, 0.3) is 0 Å². The van der Waals surface area contributed by atoms with E-state index in [-0.39, 0.29) is 6.10 Å². The number of hydrogen-bond donors (Lipinski definition) is 0. The van der Waals surface area contributed by atoms with Crippen LogP contribution in [-0.4, -0.2) is 11.7 Å². The molecule has 2 aromatic rings. The lowest BCUT2D eigenvalue weighted by molar-refractivity contribution is 0.0337. The van der Waals surface area contributed by atoms with Crippen molar-refractivity contribution in [2.24, 2.45) is 0 Å². The first-order valence-corrected chi connectivity index (χ1v) is 7.08. The van der Waals surface area contributed by atoms with Gasteiger partial charge in [0.05, 0.1) is 0 Å². The molecule has 106 valence electrons. The Kier molecular flexibility index (Phi) is 3.78. The van der Waals surface area contributed by atoms with E-state index >= 15 is 0 Å². The van der Waals surface area contributed by atoms with E-state index in [2.05, 4.69) is 0 Å². The van der Waals surface area contributed by atoms with E-state index in [1.807, 2.05) is 91.9 Å². The summed E-state index contributed by atoms with van der Waals surface area (Å²) in [6.45, 7) is 2.04. The van der Waals surface area contributed by atoms with Gasteiger partial charge in [-0.05, 0) is 43.3 Å². The minimum atomic E-state index is -0.536. The van der Waals surface area contributed by atoms with Crippen molar-refractivity contribution in [1.82, 2.24) is 0 Å². The zero-order valence-corrected chi connectivity index (χ0v) is 12.0. The molecule has 0 aliphatic heterocycles. The van der Waals surface area contributed by atoms with Gasteiger partial charge in [-0.2, -0.15) is 0 Å². The maximum Gasteiger partial charge on any atom is 0.165 e. The van der Waals surface area contributed by atoms with Crippen molar-refractivity contribution in [2.45, 2.75) is 18.6 Å². The highest BCUT2D eigenvalue weighted by atomic mass is 16.6. The first-order valence-electron chi connectivity index (χ1n) is 7.08. The van der Waals surface area contributed by atoms with E-state index in [1.54, 1.807) is 0 Å². The molecule has 0 bridgehead atoms. The van der Waals surface area contributed by atoms with Crippen molar-refractivity contribution in [2.75, 3.05) is 0 Å². The van der Waals surface area contributed by atoms with Crippen LogP contribution >= 0.6 is 0 Å². The minimum absolute atomic E-state index is 0.176. The molecule has 21 heavy (non-hydrogen) atoms. The molecule has 0 heterocycles. The Morgan fingerprint density at radius 3 is 2.10 bits per heavy atom. The Bertz CT molecular complexity index is 631. The summed E-state index contributed by atoms with van der Waals surface area (Å²) >= 11 is 0. The minimum Gasteiger partial charge on any atom is -0.482 e. The SMILES string of the molecule is CC1(Oc2ccccc2)C=CC=CC1Oc1ccccc1. The molecule has 0 N–H and O–H groups in total. The molecule has 0 aromatic heterocycles. The molecular weight excluding hydrogens is 260 g/mol. The van der Waals surface area contributed by atoms with Crippen LogP contribution in [0.15, 0.2) is 85.0 Å². The predicted octanol–water partition coefficient (Wildman–Crippen LogP) is 4.40. The monoisotopic (exact) mass is 278 g/mol. The largest absolute Gasteiger partial charge is 0.482 e. The molecule has 1 aliphatic carbocycles. The maximum atomic E-state index is 6.16. The lowest BCUT2D eigenvalue weighted by Crippen LogP contribution is -2.46. The van der Waals surface area contributed by atoms with Crippen LogP contribution < -0.4 is 9.47 Å². The Morgan fingerprint density at radius 1 is 0.810 bits per heavy atom. The summed E-state index contributed by atoms with van der Waals surface area (Å²) in [5, 5.41) is 0. The van der Waals surface area contributed by atoms with Crippen molar-refractivity contribution in [3.05, 3.63) is 85.0 Å². The van der Waals surface area contributed by atoms with E-state index < -0.39 is 5.60 Å². The first kappa shape index (κ1) is 13.5. The smallest absolute Gasteiger partial charge is 0.165 e. The van der Waals surface area contributed by atoms with Crippen LogP contribution in [0.3, 0.4) is 0 Å². The van der Waals surface area contributed by atoms with Gasteiger partial charge in [-0.1, -0.05) is 48.6 Å². The third-order valence-electron chi connectivity index (χ3n) is 3.48. The number of rotatable bonds is 4. The molecule has 0 radical (unpaired) electrons. The first-order chi connectivity index (χ1) is 10.3. The van der Waals surface area contributed by atoms with Gasteiger partial charge in [0.1, 0.15) is 11.5 Å². The van der Waals surface area contributed by atoms with Crippen LogP contribution in [0.1, 0.15) is 6.92 Å². The van der Waals surface area contributed by atoms with Crippen molar-refractivity contribution < 1.29 is 9.47 Å². The lowest BCUT2D eigenvalue weighted by Gasteiger charge is -2.35. The molecule has 0 amide bonds. The zero-order valence-electron chi connectivity index (χ0n) is 12.0. The van der Waals surface area contributed by atoms with Crippen LogP contribution in [0.2, 0.25) is 0 Å². The Labute approximate surface area is 125 Å². The molecule has 0 saturated heterocycles. The Morgan fingerprint density at radius 2 is 1.43 bits per heavy atom. The number of allylic oxidation sites excluding steroid dienone is 2. The molecule has 0 fully saturated rings. The zero-order chi connectivity index (χ0) is 14.5. The molecule has 2 atom stereocenters. The molecule has 2 nitrogen and oxygen atoms in total. The van der Waals surface area contributed by atoms with Crippen LogP contribution in [0, 0.1) is 0 Å². The van der Waals surface area contributed by atoms with Crippen molar-refractivity contribution >= 4 is 0 Å². The number of benzene rings is 2. The Balaban J connectivity index is 1.81. The van der Waals surface area contributed by atoms with Crippen molar-refractivity contribution in [3.8, 4) is 11.5 Å². The van der Waals surface area contributed by atoms with E-state index in [0.717, 1.165) is 11.5 Å². The van der Waals surface area contributed by atoms with Crippen LogP contribution in [0.25, 0.3) is 0 Å². The average molecular weight is 278 g/mol. The molecule has 2 aromatic carbocycles. The second kappa shape index (κ2) is 5.88. The average Bonchev–Trinajstić information content (AvgIpc) is 2.52. The van der Waals surface area contributed by atoms with Crippen molar-refractivity contribution in [3.63, 3.8) is 0 Å². The van der Waals surface area contributed by atoms with Gasteiger partial charge < -0.3 is 9.47 Å². The maximum absolute atomic E-state index is 6.16.